The van der Waals surface area contributed by atoms with Crippen LogP contribution in [0.5, 0.6) is 5.75 Å². The number of aromatic nitrogens is 4. The molecule has 0 bridgehead atoms. The fourth-order valence-electron chi connectivity index (χ4n) is 4.51. The van der Waals surface area contributed by atoms with Gasteiger partial charge in [0, 0.05) is 79.2 Å². The van der Waals surface area contributed by atoms with E-state index in [-0.39, 0.29) is 12.4 Å². The molecule has 0 atom stereocenters. The van der Waals surface area contributed by atoms with Gasteiger partial charge in [-0.2, -0.15) is 5.10 Å². The van der Waals surface area contributed by atoms with Crippen LogP contribution in [0.15, 0.2) is 42.7 Å². The van der Waals surface area contributed by atoms with Crippen LogP contribution in [0, 0.1) is 12.7 Å². The Morgan fingerprint density at radius 3 is 2.61 bits per heavy atom. The lowest BCUT2D eigenvalue weighted by Gasteiger charge is -2.19. The number of hydrogen-bond acceptors (Lipinski definition) is 7. The van der Waals surface area contributed by atoms with Crippen LogP contribution in [0.4, 0.5) is 9.18 Å². The molecule has 3 aromatic heterocycles. The lowest BCUT2D eigenvalue weighted by Crippen LogP contribution is -2.33. The number of halogens is 1. The number of carbonyl (C=O) groups is 1. The lowest BCUT2D eigenvalue weighted by molar-refractivity contribution is 0.0528. The van der Waals surface area contributed by atoms with E-state index in [1.54, 1.807) is 24.0 Å². The van der Waals surface area contributed by atoms with Gasteiger partial charge in [-0.15, -0.1) is 0 Å². The van der Waals surface area contributed by atoms with Crippen molar-refractivity contribution in [1.29, 1.82) is 0 Å². The molecule has 4 aromatic rings. The molecule has 0 saturated heterocycles. The molecule has 10 nitrogen and oxygen atoms in total. The van der Waals surface area contributed by atoms with Crippen molar-refractivity contribution in [2.24, 2.45) is 7.05 Å². The number of nitrogens with zero attached hydrogens (tertiary/aromatic N) is 4. The molecule has 12 heteroatoms. The van der Waals surface area contributed by atoms with Crippen molar-refractivity contribution in [2.45, 2.75) is 51.9 Å². The van der Waals surface area contributed by atoms with Crippen molar-refractivity contribution in [3.05, 3.63) is 71.2 Å². The highest BCUT2D eigenvalue weighted by molar-refractivity contribution is 7.89. The maximum Gasteiger partial charge on any atom is 0.407 e. The second kappa shape index (κ2) is 11.9. The van der Waals surface area contributed by atoms with Gasteiger partial charge >= 0.3 is 6.09 Å². The van der Waals surface area contributed by atoms with Gasteiger partial charge in [-0.3, -0.25) is 4.68 Å². The number of fused-ring (bicyclic) bond motifs is 1. The highest BCUT2D eigenvalue weighted by Crippen LogP contribution is 2.32. The average Bonchev–Trinajstić information content (AvgIpc) is 3.37. The number of aryl methyl sites for hydroxylation is 1. The maximum absolute atomic E-state index is 14.3. The molecule has 0 spiro atoms. The van der Waals surface area contributed by atoms with Crippen molar-refractivity contribution in [1.82, 2.24) is 24.5 Å². The van der Waals surface area contributed by atoms with E-state index in [2.05, 4.69) is 15.4 Å². The molecular weight excluding hydrogens is 549 g/mol. The number of imidazole rings is 1. The number of sulfone groups is 1. The first kappa shape index (κ1) is 30.0. The zero-order valence-electron chi connectivity index (χ0n) is 24.2. The summed E-state index contributed by atoms with van der Waals surface area (Å²) >= 11 is 0. The van der Waals surface area contributed by atoms with Gasteiger partial charge in [0.2, 0.25) is 0 Å². The molecular formula is C29H36FN5O5S. The van der Waals surface area contributed by atoms with Crippen molar-refractivity contribution < 1.29 is 27.1 Å². The van der Waals surface area contributed by atoms with E-state index in [1.165, 1.54) is 18.4 Å². The second-order valence-corrected chi connectivity index (χ2v) is 13.2. The number of ether oxygens (including phenoxy) is 2. The molecule has 1 N–H and O–H groups in total. The molecule has 1 amide bonds. The molecule has 3 heterocycles. The number of nitrogens with one attached hydrogen (secondary N) is 1. The van der Waals surface area contributed by atoms with Crippen molar-refractivity contribution >= 4 is 21.6 Å². The summed E-state index contributed by atoms with van der Waals surface area (Å²) in [7, 11) is -1.50. The Labute approximate surface area is 239 Å². The molecule has 0 saturated carbocycles. The van der Waals surface area contributed by atoms with Gasteiger partial charge in [-0.1, -0.05) is 0 Å². The summed E-state index contributed by atoms with van der Waals surface area (Å²) in [6.07, 6.45) is 5.29. The van der Waals surface area contributed by atoms with Crippen molar-refractivity contribution in [3.8, 4) is 16.9 Å². The quantitative estimate of drug-likeness (QED) is 0.293. The van der Waals surface area contributed by atoms with Crippen molar-refractivity contribution in [3.63, 3.8) is 0 Å². The second-order valence-electron chi connectivity index (χ2n) is 11.0. The SMILES string of the molecule is Cc1c(CCOc2cc(F)ccc2-c2ccc3ncc(CCNC(=O)OC(C)(C)C)n3c2)c(CS(C)(=O)=O)nn1C. The molecule has 220 valence electrons. The highest BCUT2D eigenvalue weighted by atomic mass is 32.2. The fourth-order valence-corrected chi connectivity index (χ4v) is 5.24. The molecule has 0 aliphatic heterocycles. The first-order chi connectivity index (χ1) is 19.2. The number of hydrogen-bond donors (Lipinski definition) is 1. The molecule has 0 radical (unpaired) electrons. The Balaban J connectivity index is 1.51. The van der Waals surface area contributed by atoms with Gasteiger partial charge in [0.1, 0.15) is 22.8 Å². The van der Waals surface area contributed by atoms with Crippen LogP contribution in [0.2, 0.25) is 0 Å². The zero-order chi connectivity index (χ0) is 29.9. The number of alkyl carbamates (subject to hydrolysis) is 1. The molecule has 0 fully saturated rings. The number of amides is 1. The van der Waals surface area contributed by atoms with Crippen LogP contribution >= 0.6 is 0 Å². The van der Waals surface area contributed by atoms with E-state index in [0.29, 0.717) is 36.4 Å². The summed E-state index contributed by atoms with van der Waals surface area (Å²) in [4.78, 5) is 16.5. The van der Waals surface area contributed by atoms with E-state index < -0.39 is 27.3 Å². The Morgan fingerprint density at radius 1 is 1.15 bits per heavy atom. The summed E-state index contributed by atoms with van der Waals surface area (Å²) in [5.74, 6) is -0.226. The first-order valence-corrected chi connectivity index (χ1v) is 15.3. The van der Waals surface area contributed by atoms with E-state index >= 15 is 0 Å². The lowest BCUT2D eigenvalue weighted by atomic mass is 10.1. The smallest absolute Gasteiger partial charge is 0.407 e. The third kappa shape index (κ3) is 7.84. The van der Waals surface area contributed by atoms with Crippen LogP contribution in [0.1, 0.15) is 43.4 Å². The predicted molar refractivity (Wildman–Crippen MR) is 154 cm³/mol. The van der Waals surface area contributed by atoms with Crippen LogP contribution in [0.3, 0.4) is 0 Å². The standard InChI is InChI=1S/C29H36FN5O5S/c1-19-23(25(33-34(19)5)18-41(6,37)38)12-14-39-26-15-21(30)8-9-24(26)20-7-10-27-32-16-22(35(27)17-20)11-13-31-28(36)40-29(2,3)4/h7-10,15-17H,11-14,18H2,1-6H3,(H,31,36). The maximum atomic E-state index is 14.3. The first-order valence-electron chi connectivity index (χ1n) is 13.2. The number of benzene rings is 1. The minimum absolute atomic E-state index is 0.157. The van der Waals surface area contributed by atoms with Crippen LogP contribution in [-0.2, 0) is 40.2 Å². The van der Waals surface area contributed by atoms with E-state index in [0.717, 1.165) is 28.2 Å². The monoisotopic (exact) mass is 585 g/mol. The minimum Gasteiger partial charge on any atom is -0.492 e. The number of carbonyl (C=O) groups excluding carboxylic acids is 1. The normalized spacial score (nSPS) is 12.1. The average molecular weight is 586 g/mol. The Morgan fingerprint density at radius 2 is 1.90 bits per heavy atom. The number of pyridine rings is 1. The molecule has 4 rings (SSSR count). The molecule has 0 aliphatic rings. The van der Waals surface area contributed by atoms with Gasteiger partial charge in [0.05, 0.1) is 18.1 Å². The van der Waals surface area contributed by atoms with Crippen molar-refractivity contribution in [2.75, 3.05) is 19.4 Å². The van der Waals surface area contributed by atoms with Gasteiger partial charge in [0.15, 0.2) is 9.84 Å². The van der Waals surface area contributed by atoms with Gasteiger partial charge in [0.25, 0.3) is 0 Å². The topological polar surface area (TPSA) is 117 Å². The summed E-state index contributed by atoms with van der Waals surface area (Å²) in [5.41, 5.74) is 4.68. The largest absolute Gasteiger partial charge is 0.492 e. The Kier molecular flexibility index (Phi) is 8.71. The van der Waals surface area contributed by atoms with Gasteiger partial charge < -0.3 is 19.2 Å². The van der Waals surface area contributed by atoms with E-state index in [4.69, 9.17) is 9.47 Å². The van der Waals surface area contributed by atoms with Gasteiger partial charge in [-0.25, -0.2) is 22.6 Å². The van der Waals surface area contributed by atoms with Crippen LogP contribution < -0.4 is 10.1 Å². The van der Waals surface area contributed by atoms with E-state index in [1.807, 2.05) is 50.4 Å². The minimum atomic E-state index is -3.26. The molecule has 41 heavy (non-hydrogen) atoms. The predicted octanol–water partition coefficient (Wildman–Crippen LogP) is 4.42. The third-order valence-electron chi connectivity index (χ3n) is 6.44. The highest BCUT2D eigenvalue weighted by Gasteiger charge is 2.19. The summed E-state index contributed by atoms with van der Waals surface area (Å²) in [6, 6.07) is 8.13. The zero-order valence-corrected chi connectivity index (χ0v) is 25.0. The van der Waals surface area contributed by atoms with E-state index in [9.17, 15) is 17.6 Å². The molecule has 0 aliphatic carbocycles. The molecule has 0 unspecified atom stereocenters. The van der Waals surface area contributed by atoms with Crippen LogP contribution in [-0.4, -0.2) is 58.7 Å². The summed E-state index contributed by atoms with van der Waals surface area (Å²) in [6.45, 7) is 7.87. The van der Waals surface area contributed by atoms with Crippen LogP contribution in [0.25, 0.3) is 16.8 Å². The third-order valence-corrected chi connectivity index (χ3v) is 7.23. The summed E-state index contributed by atoms with van der Waals surface area (Å²) in [5, 5.41) is 7.12. The number of rotatable bonds is 10. The molecule has 1 aromatic carbocycles. The fraction of sp³-hybridized carbons (Fsp3) is 0.414. The van der Waals surface area contributed by atoms with Gasteiger partial charge in [-0.05, 0) is 52.0 Å². The summed E-state index contributed by atoms with van der Waals surface area (Å²) < 4.78 is 53.0. The Hall–Kier alpha value is -3.93. The Bertz CT molecular complexity index is 1670.